The van der Waals surface area contributed by atoms with Gasteiger partial charge in [-0.25, -0.2) is 15.0 Å². The van der Waals surface area contributed by atoms with Gasteiger partial charge in [0.15, 0.2) is 17.3 Å². The van der Waals surface area contributed by atoms with E-state index in [2.05, 4.69) is 32.5 Å². The Morgan fingerprint density at radius 2 is 1.89 bits per heavy atom. The maximum Gasteiger partial charge on any atom is 0.290 e. The topological polar surface area (TPSA) is 169 Å². The number of nitrogens with two attached hydrogens (primary N) is 1. The van der Waals surface area contributed by atoms with Gasteiger partial charge in [0, 0.05) is 25.9 Å². The van der Waals surface area contributed by atoms with E-state index in [1.165, 1.54) is 0 Å². The van der Waals surface area contributed by atoms with Crippen molar-refractivity contribution in [1.29, 1.82) is 0 Å². The van der Waals surface area contributed by atoms with E-state index >= 15 is 0 Å². The van der Waals surface area contributed by atoms with E-state index in [4.69, 9.17) is 25.7 Å². The van der Waals surface area contributed by atoms with E-state index in [-0.39, 0.29) is 18.0 Å². The first-order valence-corrected chi connectivity index (χ1v) is 12.2. The van der Waals surface area contributed by atoms with Crippen LogP contribution < -0.4 is 16.4 Å². The number of aromatic nitrogens is 6. The molecule has 0 radical (unpaired) electrons. The van der Waals surface area contributed by atoms with E-state index in [1.54, 1.807) is 13.4 Å². The fraction of sp³-hybridized carbons (Fsp3) is 0.360. The van der Waals surface area contributed by atoms with Gasteiger partial charge in [-0.1, -0.05) is 12.1 Å². The Morgan fingerprint density at radius 1 is 1.18 bits per heavy atom. The van der Waals surface area contributed by atoms with Crippen LogP contribution in [0.15, 0.2) is 30.7 Å². The molecule has 0 spiro atoms. The summed E-state index contributed by atoms with van der Waals surface area (Å²) < 4.78 is 3.94. The van der Waals surface area contributed by atoms with Crippen LogP contribution in [0.5, 0.6) is 0 Å². The van der Waals surface area contributed by atoms with E-state index in [0.717, 1.165) is 53.9 Å². The quantitative estimate of drug-likeness (QED) is 0.277. The van der Waals surface area contributed by atoms with Crippen LogP contribution in [0.3, 0.4) is 0 Å². The van der Waals surface area contributed by atoms with Gasteiger partial charge in [0.2, 0.25) is 0 Å². The van der Waals surface area contributed by atoms with Crippen LogP contribution in [0, 0.1) is 6.92 Å². The average Bonchev–Trinajstić information content (AvgIpc) is 3.46. The summed E-state index contributed by atoms with van der Waals surface area (Å²) in [4.78, 5) is 37.0. The SMILES string of the molecule is CNc1nc(Nc2cn(C3CCN(C)CC3)nc2C)c(C(N)=O)nc1-c1cccc2c1ncn2C.O=CO. The van der Waals surface area contributed by atoms with Crippen LogP contribution in [-0.4, -0.2) is 78.9 Å². The number of carbonyl (C=O) groups is 2. The van der Waals surface area contributed by atoms with Gasteiger partial charge in [-0.05, 0) is 46.0 Å². The van der Waals surface area contributed by atoms with Crippen LogP contribution in [-0.2, 0) is 11.8 Å². The lowest BCUT2D eigenvalue weighted by Crippen LogP contribution is -2.31. The van der Waals surface area contributed by atoms with Crippen molar-refractivity contribution in [3.63, 3.8) is 0 Å². The second-order valence-electron chi connectivity index (χ2n) is 9.13. The number of nitrogens with zero attached hydrogens (tertiary/aromatic N) is 7. The first kappa shape index (κ1) is 26.5. The molecule has 0 saturated carbocycles. The van der Waals surface area contributed by atoms with E-state index < -0.39 is 5.91 Å². The number of anilines is 3. The lowest BCUT2D eigenvalue weighted by Gasteiger charge is -2.28. The molecule has 0 atom stereocenters. The number of nitrogens with one attached hydrogen (secondary N) is 2. The number of aryl methyl sites for hydroxylation is 2. The monoisotopic (exact) mass is 520 g/mol. The van der Waals surface area contributed by atoms with Crippen LogP contribution >= 0.6 is 0 Å². The number of carboxylic acid groups (broad SMARTS) is 1. The maximum absolute atomic E-state index is 12.4. The number of amides is 1. The molecule has 200 valence electrons. The minimum absolute atomic E-state index is 0.0541. The van der Waals surface area contributed by atoms with Crippen LogP contribution in [0.25, 0.3) is 22.3 Å². The molecule has 4 heterocycles. The summed E-state index contributed by atoms with van der Waals surface area (Å²) >= 11 is 0. The fourth-order valence-corrected chi connectivity index (χ4v) is 4.58. The predicted molar refractivity (Wildman–Crippen MR) is 145 cm³/mol. The number of para-hydroxylation sites is 1. The van der Waals surface area contributed by atoms with Gasteiger partial charge in [-0.3, -0.25) is 14.3 Å². The standard InChI is InChI=1S/C24H30N10O.CH2O2/c1-14-17(12-34(31-14)15-8-10-32(3)11-9-15)28-24-21(22(25)35)29-20(23(26-2)30-24)16-6-5-7-18-19(16)27-13-33(18)4;2-1-3/h5-7,12-13,15H,8-11H2,1-4H3,(H2,25,35)(H2,26,28,30);1H,(H,2,3). The second kappa shape index (κ2) is 11.3. The number of fused-ring (bicyclic) bond motifs is 1. The van der Waals surface area contributed by atoms with Gasteiger partial charge >= 0.3 is 0 Å². The number of likely N-dealkylation sites (tertiary alicyclic amines) is 1. The highest BCUT2D eigenvalue weighted by atomic mass is 16.3. The first-order valence-electron chi connectivity index (χ1n) is 12.2. The number of hydrogen-bond donors (Lipinski definition) is 4. The molecule has 0 unspecified atom stereocenters. The zero-order chi connectivity index (χ0) is 27.4. The fourth-order valence-electron chi connectivity index (χ4n) is 4.58. The molecule has 1 amide bonds. The largest absolute Gasteiger partial charge is 0.483 e. The Morgan fingerprint density at radius 3 is 2.55 bits per heavy atom. The summed E-state index contributed by atoms with van der Waals surface area (Å²) in [6.07, 6.45) is 5.80. The Labute approximate surface area is 219 Å². The van der Waals surface area contributed by atoms with E-state index in [1.807, 2.05) is 47.6 Å². The zero-order valence-corrected chi connectivity index (χ0v) is 21.8. The van der Waals surface area contributed by atoms with Crippen LogP contribution in [0.4, 0.5) is 17.3 Å². The van der Waals surface area contributed by atoms with Crippen molar-refractivity contribution in [1.82, 2.24) is 34.2 Å². The Kier molecular flexibility index (Phi) is 7.86. The third-order valence-corrected chi connectivity index (χ3v) is 6.61. The number of carbonyl (C=O) groups excluding carboxylic acids is 1. The van der Waals surface area contributed by atoms with Gasteiger partial charge in [0.1, 0.15) is 5.69 Å². The molecular weight excluding hydrogens is 488 g/mol. The van der Waals surface area contributed by atoms with Crippen molar-refractivity contribution >= 4 is 40.7 Å². The smallest absolute Gasteiger partial charge is 0.290 e. The van der Waals surface area contributed by atoms with Crippen molar-refractivity contribution in [2.75, 3.05) is 37.8 Å². The number of benzene rings is 1. The molecule has 38 heavy (non-hydrogen) atoms. The van der Waals surface area contributed by atoms with Crippen molar-refractivity contribution in [2.45, 2.75) is 25.8 Å². The lowest BCUT2D eigenvalue weighted by molar-refractivity contribution is -0.122. The summed E-state index contributed by atoms with van der Waals surface area (Å²) in [5.74, 6) is 0.123. The molecule has 1 saturated heterocycles. The summed E-state index contributed by atoms with van der Waals surface area (Å²) in [6.45, 7) is 3.76. The van der Waals surface area contributed by atoms with Crippen LogP contribution in [0.2, 0.25) is 0 Å². The second-order valence-corrected chi connectivity index (χ2v) is 9.13. The zero-order valence-electron chi connectivity index (χ0n) is 21.8. The van der Waals surface area contributed by atoms with E-state index in [9.17, 15) is 4.79 Å². The Hall–Kier alpha value is -4.52. The Balaban J connectivity index is 0.00000107. The average molecular weight is 521 g/mol. The molecule has 4 aromatic rings. The predicted octanol–water partition coefficient (Wildman–Crippen LogP) is 2.39. The molecule has 5 N–H and O–H groups in total. The third kappa shape index (κ3) is 5.27. The van der Waals surface area contributed by atoms with Gasteiger partial charge < -0.3 is 30.9 Å². The van der Waals surface area contributed by atoms with Crippen LogP contribution in [0.1, 0.15) is 35.1 Å². The molecule has 1 aliphatic rings. The summed E-state index contributed by atoms with van der Waals surface area (Å²) in [6, 6.07) is 6.16. The molecule has 0 aliphatic carbocycles. The van der Waals surface area contributed by atoms with Gasteiger partial charge in [-0.2, -0.15) is 5.10 Å². The van der Waals surface area contributed by atoms with Crippen molar-refractivity contribution in [3.05, 3.63) is 42.1 Å². The highest BCUT2D eigenvalue weighted by Gasteiger charge is 2.23. The molecular formula is C25H32N10O3. The molecule has 1 fully saturated rings. The highest BCUT2D eigenvalue weighted by molar-refractivity contribution is 5.99. The van der Waals surface area contributed by atoms with Gasteiger partial charge in [-0.15, -0.1) is 0 Å². The van der Waals surface area contributed by atoms with Crippen molar-refractivity contribution < 1.29 is 14.7 Å². The lowest BCUT2D eigenvalue weighted by atomic mass is 10.1. The number of hydrogen-bond acceptors (Lipinski definition) is 9. The third-order valence-electron chi connectivity index (χ3n) is 6.61. The van der Waals surface area contributed by atoms with Gasteiger partial charge in [0.05, 0.1) is 34.8 Å². The molecule has 3 aromatic heterocycles. The molecule has 5 rings (SSSR count). The van der Waals surface area contributed by atoms with Crippen molar-refractivity contribution in [3.8, 4) is 11.3 Å². The maximum atomic E-state index is 12.4. The minimum Gasteiger partial charge on any atom is -0.483 e. The summed E-state index contributed by atoms with van der Waals surface area (Å²) in [5, 5.41) is 18.0. The molecule has 13 heteroatoms. The molecule has 13 nitrogen and oxygen atoms in total. The molecule has 0 bridgehead atoms. The first-order chi connectivity index (χ1) is 18.3. The number of rotatable bonds is 6. The number of piperidine rings is 1. The molecule has 1 aromatic carbocycles. The highest BCUT2D eigenvalue weighted by Crippen LogP contribution is 2.33. The Bertz CT molecular complexity index is 1450. The number of primary amides is 1. The summed E-state index contributed by atoms with van der Waals surface area (Å²) in [7, 11) is 5.84. The molecule has 1 aliphatic heterocycles. The van der Waals surface area contributed by atoms with E-state index in [0.29, 0.717) is 17.6 Å². The van der Waals surface area contributed by atoms with Gasteiger partial charge in [0.25, 0.3) is 12.4 Å². The minimum atomic E-state index is -0.669. The van der Waals surface area contributed by atoms with Crippen molar-refractivity contribution in [2.24, 2.45) is 12.8 Å². The number of imidazole rings is 1. The normalized spacial score (nSPS) is 14.1. The summed E-state index contributed by atoms with van der Waals surface area (Å²) in [5.41, 5.74) is 10.4.